The van der Waals surface area contributed by atoms with Crippen LogP contribution in [0.1, 0.15) is 42.1 Å². The van der Waals surface area contributed by atoms with Gasteiger partial charge in [0.05, 0.1) is 13.2 Å². The van der Waals surface area contributed by atoms with Gasteiger partial charge >= 0.3 is 11.9 Å². The molecule has 1 aromatic rings. The van der Waals surface area contributed by atoms with Crippen LogP contribution in [0.15, 0.2) is 42.5 Å². The van der Waals surface area contributed by atoms with Crippen molar-refractivity contribution >= 4 is 11.9 Å². The molecule has 1 aliphatic rings. The summed E-state index contributed by atoms with van der Waals surface area (Å²) in [7, 11) is 1.28. The number of carbonyl (C=O) groups excluding carboxylic acids is 2. The predicted octanol–water partition coefficient (Wildman–Crippen LogP) is 2.93. The van der Waals surface area contributed by atoms with Crippen molar-refractivity contribution < 1.29 is 29.3 Å². The number of benzene rings is 1. The van der Waals surface area contributed by atoms with Crippen molar-refractivity contribution in [3.63, 3.8) is 0 Å². The van der Waals surface area contributed by atoms with Crippen molar-refractivity contribution in [2.45, 2.75) is 44.8 Å². The second kappa shape index (κ2) is 9.92. The molecule has 6 nitrogen and oxygen atoms in total. The monoisotopic (exact) mass is 374 g/mol. The lowest BCUT2D eigenvalue weighted by Gasteiger charge is -2.24. The van der Waals surface area contributed by atoms with Crippen LogP contribution in [-0.2, 0) is 20.7 Å². The van der Waals surface area contributed by atoms with Crippen molar-refractivity contribution in [3.8, 4) is 5.75 Å². The van der Waals surface area contributed by atoms with Gasteiger partial charge in [-0.2, -0.15) is 0 Å². The molecule has 0 aromatic heterocycles. The van der Waals surface area contributed by atoms with Crippen molar-refractivity contribution in [1.82, 2.24) is 0 Å². The number of rotatable bonds is 3. The minimum Gasteiger partial charge on any atom is -0.507 e. The minimum atomic E-state index is -0.665. The van der Waals surface area contributed by atoms with Crippen molar-refractivity contribution in [1.29, 1.82) is 0 Å². The maximum Gasteiger partial charge on any atom is 0.342 e. The molecule has 6 heteroatoms. The fraction of sp³-hybridized carbons (Fsp3) is 0.429. The SMILES string of the molecule is COC(=O)/C=C/C[C@H]1C[C@@H](O)[C@@H](C)C/C=C/Cc2cccc(O)c2C(=O)O1. The Morgan fingerprint density at radius 3 is 2.89 bits per heavy atom. The number of allylic oxidation sites excluding steroid dienone is 2. The van der Waals surface area contributed by atoms with Gasteiger partial charge in [-0.05, 0) is 30.4 Å². The van der Waals surface area contributed by atoms with Crippen molar-refractivity contribution in [2.75, 3.05) is 7.11 Å². The number of esters is 2. The van der Waals surface area contributed by atoms with Gasteiger partial charge in [-0.15, -0.1) is 0 Å². The molecule has 1 heterocycles. The molecular weight excluding hydrogens is 348 g/mol. The summed E-state index contributed by atoms with van der Waals surface area (Å²) in [6.07, 6.45) is 7.07. The van der Waals surface area contributed by atoms with E-state index in [-0.39, 0.29) is 30.1 Å². The lowest BCUT2D eigenvalue weighted by Crippen LogP contribution is -2.28. The van der Waals surface area contributed by atoms with Crippen LogP contribution in [0.2, 0.25) is 0 Å². The predicted molar refractivity (Wildman–Crippen MR) is 100 cm³/mol. The molecule has 0 unspecified atom stereocenters. The molecule has 0 aliphatic carbocycles. The van der Waals surface area contributed by atoms with Crippen LogP contribution >= 0.6 is 0 Å². The Balaban J connectivity index is 2.29. The third kappa shape index (κ3) is 5.96. The van der Waals surface area contributed by atoms with Gasteiger partial charge in [0.15, 0.2) is 0 Å². The number of cyclic esters (lactones) is 1. The van der Waals surface area contributed by atoms with Crippen molar-refractivity contribution in [3.05, 3.63) is 53.6 Å². The number of hydrogen-bond donors (Lipinski definition) is 2. The number of phenols is 1. The Hall–Kier alpha value is -2.60. The Morgan fingerprint density at radius 2 is 2.15 bits per heavy atom. The highest BCUT2D eigenvalue weighted by molar-refractivity contribution is 5.94. The number of phenolic OH excluding ortho intramolecular Hbond substituents is 1. The number of methoxy groups -OCH3 is 1. The molecule has 1 aromatic carbocycles. The fourth-order valence-corrected chi connectivity index (χ4v) is 2.96. The first-order chi connectivity index (χ1) is 12.9. The van der Waals surface area contributed by atoms with E-state index in [0.29, 0.717) is 18.4 Å². The summed E-state index contributed by atoms with van der Waals surface area (Å²) in [6.45, 7) is 1.93. The molecule has 0 bridgehead atoms. The van der Waals surface area contributed by atoms with E-state index in [1.807, 2.05) is 19.1 Å². The van der Waals surface area contributed by atoms with Gasteiger partial charge in [0, 0.05) is 18.9 Å². The molecular formula is C21H26O6. The van der Waals surface area contributed by atoms with Gasteiger partial charge < -0.3 is 19.7 Å². The summed E-state index contributed by atoms with van der Waals surface area (Å²) in [4.78, 5) is 23.9. The molecule has 27 heavy (non-hydrogen) atoms. The molecule has 0 saturated heterocycles. The van der Waals surface area contributed by atoms with Crippen LogP contribution in [0, 0.1) is 5.92 Å². The quantitative estimate of drug-likeness (QED) is 0.480. The highest BCUT2D eigenvalue weighted by Crippen LogP contribution is 2.26. The maximum absolute atomic E-state index is 12.7. The summed E-state index contributed by atoms with van der Waals surface area (Å²) in [5.74, 6) is -1.29. The second-order valence-corrected chi connectivity index (χ2v) is 6.69. The first-order valence-corrected chi connectivity index (χ1v) is 9.01. The number of aromatic hydroxyl groups is 1. The summed E-state index contributed by atoms with van der Waals surface area (Å²) in [5.41, 5.74) is 0.807. The first-order valence-electron chi connectivity index (χ1n) is 9.01. The number of hydrogen-bond acceptors (Lipinski definition) is 6. The van der Waals surface area contributed by atoms with Crippen molar-refractivity contribution in [2.24, 2.45) is 5.92 Å². The van der Waals surface area contributed by atoms with Crippen LogP contribution in [0.25, 0.3) is 0 Å². The van der Waals surface area contributed by atoms with Crippen LogP contribution < -0.4 is 0 Å². The van der Waals surface area contributed by atoms with E-state index >= 15 is 0 Å². The third-order valence-electron chi connectivity index (χ3n) is 4.63. The Morgan fingerprint density at radius 1 is 1.37 bits per heavy atom. The molecule has 0 saturated carbocycles. The van der Waals surface area contributed by atoms with E-state index in [2.05, 4.69) is 4.74 Å². The van der Waals surface area contributed by atoms with Crippen LogP contribution in [-0.4, -0.2) is 41.5 Å². The zero-order valence-corrected chi connectivity index (χ0v) is 15.6. The second-order valence-electron chi connectivity index (χ2n) is 6.69. The van der Waals surface area contributed by atoms with E-state index < -0.39 is 24.1 Å². The molecule has 146 valence electrons. The smallest absolute Gasteiger partial charge is 0.342 e. The fourth-order valence-electron chi connectivity index (χ4n) is 2.96. The molecule has 0 amide bonds. The van der Waals surface area contributed by atoms with E-state index in [0.717, 1.165) is 0 Å². The standard InChI is InChI=1S/C21H26O6/c1-14-7-3-4-8-15-9-5-11-17(22)20(15)21(25)27-16(13-18(14)23)10-6-12-19(24)26-2/h3-6,9,11-12,14,16,18,22-23H,7-8,10,13H2,1-2H3/b4-3+,12-6+/t14-,16-,18+/m0/s1. The number of fused-ring (bicyclic) bond motifs is 1. The summed E-state index contributed by atoms with van der Waals surface area (Å²) in [5, 5.41) is 20.6. The van der Waals surface area contributed by atoms with Gasteiger partial charge in [-0.25, -0.2) is 9.59 Å². The minimum absolute atomic E-state index is 0.00453. The Bertz CT molecular complexity index is 721. The molecule has 1 aliphatic heterocycles. The summed E-state index contributed by atoms with van der Waals surface area (Å²) >= 11 is 0. The van der Waals surface area contributed by atoms with E-state index in [4.69, 9.17) is 4.74 Å². The lowest BCUT2D eigenvalue weighted by atomic mass is 9.93. The van der Waals surface area contributed by atoms with Gasteiger partial charge in [0.25, 0.3) is 0 Å². The Kier molecular flexibility index (Phi) is 7.61. The van der Waals surface area contributed by atoms with Crippen LogP contribution in [0.5, 0.6) is 5.75 Å². The normalized spacial score (nSPS) is 25.0. The Labute approximate surface area is 159 Å². The van der Waals surface area contributed by atoms with E-state index in [1.165, 1.54) is 19.3 Å². The highest BCUT2D eigenvalue weighted by Gasteiger charge is 2.25. The third-order valence-corrected chi connectivity index (χ3v) is 4.63. The van der Waals surface area contributed by atoms with Gasteiger partial charge in [0.2, 0.25) is 0 Å². The number of carbonyl (C=O) groups is 2. The largest absolute Gasteiger partial charge is 0.507 e. The summed E-state index contributed by atoms with van der Waals surface area (Å²) in [6, 6.07) is 4.90. The lowest BCUT2D eigenvalue weighted by molar-refractivity contribution is -0.134. The first kappa shape index (κ1) is 20.7. The van der Waals surface area contributed by atoms with Gasteiger partial charge in [-0.3, -0.25) is 0 Å². The average Bonchev–Trinajstić information content (AvgIpc) is 2.63. The summed E-state index contributed by atoms with van der Waals surface area (Å²) < 4.78 is 10.1. The van der Waals surface area contributed by atoms with Gasteiger partial charge in [-0.1, -0.05) is 37.3 Å². The molecule has 3 atom stereocenters. The molecule has 0 spiro atoms. The zero-order valence-electron chi connectivity index (χ0n) is 15.6. The topological polar surface area (TPSA) is 93.1 Å². The van der Waals surface area contributed by atoms with E-state index in [1.54, 1.807) is 18.2 Å². The zero-order chi connectivity index (χ0) is 19.8. The molecule has 2 rings (SSSR count). The van der Waals surface area contributed by atoms with Gasteiger partial charge in [0.1, 0.15) is 17.4 Å². The van der Waals surface area contributed by atoms with Crippen LogP contribution in [0.3, 0.4) is 0 Å². The maximum atomic E-state index is 12.7. The highest BCUT2D eigenvalue weighted by atomic mass is 16.5. The molecule has 0 radical (unpaired) electrons. The number of ether oxygens (including phenoxy) is 2. The van der Waals surface area contributed by atoms with Crippen LogP contribution in [0.4, 0.5) is 0 Å². The molecule has 2 N–H and O–H groups in total. The molecule has 0 fully saturated rings. The van der Waals surface area contributed by atoms with E-state index in [9.17, 15) is 19.8 Å². The number of aliphatic hydroxyl groups excluding tert-OH is 1. The number of aliphatic hydroxyl groups is 1. The average molecular weight is 374 g/mol.